The average molecular weight is 296 g/mol. The van der Waals surface area contributed by atoms with Crippen LogP contribution in [0.15, 0.2) is 0 Å². The van der Waals surface area contributed by atoms with Crippen LogP contribution in [0.2, 0.25) is 0 Å². The highest BCUT2D eigenvalue weighted by Crippen LogP contribution is 2.63. The largest absolute Gasteiger partial charge is 0.382 e. The maximum Gasteiger partial charge on any atom is 0.382 e. The van der Waals surface area contributed by atoms with Crippen molar-refractivity contribution in [2.75, 3.05) is 0 Å². The highest BCUT2D eigenvalue weighted by Gasteiger charge is 2.25. The summed E-state index contributed by atoms with van der Waals surface area (Å²) >= 11 is 20.0. The van der Waals surface area contributed by atoms with E-state index in [2.05, 4.69) is 9.05 Å². The van der Waals surface area contributed by atoms with Gasteiger partial charge in [0.2, 0.25) is 0 Å². The molecular formula is C2H4Cl4O4P2. The van der Waals surface area contributed by atoms with Gasteiger partial charge < -0.3 is 0 Å². The van der Waals surface area contributed by atoms with Crippen molar-refractivity contribution in [2.24, 2.45) is 0 Å². The van der Waals surface area contributed by atoms with Crippen LogP contribution in [-0.2, 0) is 18.2 Å². The molecule has 0 aromatic rings. The van der Waals surface area contributed by atoms with Gasteiger partial charge >= 0.3 is 12.1 Å². The molecular weight excluding hydrogens is 292 g/mol. The highest BCUT2D eigenvalue weighted by atomic mass is 35.9. The van der Waals surface area contributed by atoms with Crippen molar-refractivity contribution in [2.45, 2.75) is 13.2 Å². The van der Waals surface area contributed by atoms with Crippen LogP contribution in [0.4, 0.5) is 0 Å². The molecule has 0 heterocycles. The SMILES string of the molecule is CC(OP(=O)(Cl)Cl)OP(=O)(Cl)Cl. The van der Waals surface area contributed by atoms with E-state index < -0.39 is 18.4 Å². The summed E-state index contributed by atoms with van der Waals surface area (Å²) < 4.78 is 29.8. The van der Waals surface area contributed by atoms with Gasteiger partial charge in [-0.3, -0.25) is 18.2 Å². The Morgan fingerprint density at radius 2 is 1.25 bits per heavy atom. The number of hydrogen-bond acceptors (Lipinski definition) is 4. The van der Waals surface area contributed by atoms with E-state index in [0.29, 0.717) is 0 Å². The predicted molar refractivity (Wildman–Crippen MR) is 50.3 cm³/mol. The fraction of sp³-hybridized carbons (Fsp3) is 1.00. The van der Waals surface area contributed by atoms with Crippen molar-refractivity contribution in [3.8, 4) is 0 Å². The van der Waals surface area contributed by atoms with Gasteiger partial charge in [0.15, 0.2) is 6.29 Å². The summed E-state index contributed by atoms with van der Waals surface area (Å²) in [6.45, 7) is 1.24. The van der Waals surface area contributed by atoms with Gasteiger partial charge in [-0.05, 0) is 51.9 Å². The molecule has 0 fully saturated rings. The Kier molecular flexibility index (Phi) is 5.48. The molecule has 0 aliphatic rings. The summed E-state index contributed by atoms with van der Waals surface area (Å²) in [5.74, 6) is 0. The Hall–Kier alpha value is 1.54. The van der Waals surface area contributed by atoms with Gasteiger partial charge in [-0.1, -0.05) is 0 Å². The Labute approximate surface area is 88.5 Å². The molecule has 0 aliphatic carbocycles. The number of rotatable bonds is 4. The molecule has 0 aliphatic heterocycles. The number of hydrogen-bond donors (Lipinski definition) is 0. The minimum absolute atomic E-state index is 1.20. The first-order valence-electron chi connectivity index (χ1n) is 2.46. The molecule has 0 saturated heterocycles. The molecule has 0 radical (unpaired) electrons. The van der Waals surface area contributed by atoms with Crippen molar-refractivity contribution in [1.82, 2.24) is 0 Å². The van der Waals surface area contributed by atoms with Crippen LogP contribution in [0.5, 0.6) is 0 Å². The van der Waals surface area contributed by atoms with Crippen LogP contribution >= 0.6 is 57.1 Å². The van der Waals surface area contributed by atoms with Crippen LogP contribution in [-0.4, -0.2) is 6.29 Å². The van der Waals surface area contributed by atoms with E-state index in [-0.39, 0.29) is 0 Å². The van der Waals surface area contributed by atoms with E-state index in [9.17, 15) is 9.13 Å². The fourth-order valence-corrected chi connectivity index (χ4v) is 2.56. The maximum atomic E-state index is 10.6. The van der Waals surface area contributed by atoms with Crippen molar-refractivity contribution < 1.29 is 18.2 Å². The smallest absolute Gasteiger partial charge is 0.276 e. The fourth-order valence-electron chi connectivity index (χ4n) is 0.365. The molecule has 0 saturated carbocycles. The summed E-state index contributed by atoms with van der Waals surface area (Å²) in [5, 5.41) is 0. The van der Waals surface area contributed by atoms with Crippen LogP contribution < -0.4 is 0 Å². The van der Waals surface area contributed by atoms with E-state index in [4.69, 9.17) is 45.0 Å². The first kappa shape index (κ1) is 13.5. The van der Waals surface area contributed by atoms with Crippen LogP contribution in [0, 0.1) is 0 Å². The minimum atomic E-state index is -3.73. The summed E-state index contributed by atoms with van der Waals surface area (Å²) in [4.78, 5) is 0. The van der Waals surface area contributed by atoms with Crippen molar-refractivity contribution in [3.63, 3.8) is 0 Å². The highest BCUT2D eigenvalue weighted by molar-refractivity contribution is 8.05. The monoisotopic (exact) mass is 294 g/mol. The van der Waals surface area contributed by atoms with Gasteiger partial charge in [0, 0.05) is 0 Å². The molecule has 0 bridgehead atoms. The van der Waals surface area contributed by atoms with E-state index in [0.717, 1.165) is 0 Å². The second kappa shape index (κ2) is 4.86. The van der Waals surface area contributed by atoms with Gasteiger partial charge in [0.1, 0.15) is 0 Å². The van der Waals surface area contributed by atoms with Crippen LogP contribution in [0.3, 0.4) is 0 Å². The zero-order valence-corrected chi connectivity index (χ0v) is 10.4. The predicted octanol–water partition coefficient (Wildman–Crippen LogP) is 4.54. The molecule has 0 aromatic carbocycles. The minimum Gasteiger partial charge on any atom is -0.276 e. The molecule has 0 N–H and O–H groups in total. The summed E-state index contributed by atoms with van der Waals surface area (Å²) in [6, 6.07) is 0. The van der Waals surface area contributed by atoms with Gasteiger partial charge in [-0.2, -0.15) is 0 Å². The lowest BCUT2D eigenvalue weighted by molar-refractivity contribution is 0.0390. The molecule has 12 heavy (non-hydrogen) atoms. The standard InChI is InChI=1S/C2H4Cl4O4P2/c1-2(9-11(3,4)7)10-12(5,6)8/h2H,1H3. The first-order chi connectivity index (χ1) is 5.10. The Morgan fingerprint density at radius 3 is 1.42 bits per heavy atom. The lowest BCUT2D eigenvalue weighted by atomic mass is 10.8. The molecule has 0 spiro atoms. The Morgan fingerprint density at radius 1 is 1.00 bits per heavy atom. The van der Waals surface area contributed by atoms with Crippen molar-refractivity contribution in [3.05, 3.63) is 0 Å². The second-order valence-electron chi connectivity index (χ2n) is 1.61. The van der Waals surface area contributed by atoms with Crippen molar-refractivity contribution in [1.29, 1.82) is 0 Å². The molecule has 4 nitrogen and oxygen atoms in total. The number of halogens is 4. The molecule has 0 aromatic heterocycles. The second-order valence-corrected chi connectivity index (χ2v) is 10.1. The topological polar surface area (TPSA) is 52.6 Å². The Bertz CT molecular complexity index is 207. The first-order valence-corrected chi connectivity index (χ1v) is 9.32. The van der Waals surface area contributed by atoms with Crippen LogP contribution in [0.25, 0.3) is 0 Å². The van der Waals surface area contributed by atoms with Gasteiger partial charge in [-0.15, -0.1) is 0 Å². The van der Waals surface area contributed by atoms with E-state index in [1.165, 1.54) is 6.92 Å². The molecule has 0 amide bonds. The summed E-state index contributed by atoms with van der Waals surface area (Å²) in [7, 11) is 0. The molecule has 0 atom stereocenters. The summed E-state index contributed by atoms with van der Waals surface area (Å²) in [6.07, 6.45) is -8.66. The summed E-state index contributed by atoms with van der Waals surface area (Å²) in [5.41, 5.74) is 0. The third-order valence-electron chi connectivity index (χ3n) is 0.542. The zero-order chi connectivity index (χ0) is 9.99. The maximum absolute atomic E-state index is 10.6. The quantitative estimate of drug-likeness (QED) is 0.564. The van der Waals surface area contributed by atoms with Gasteiger partial charge in [0.25, 0.3) is 0 Å². The van der Waals surface area contributed by atoms with Gasteiger partial charge in [0.05, 0.1) is 0 Å². The lowest BCUT2D eigenvalue weighted by Crippen LogP contribution is -2.04. The lowest BCUT2D eigenvalue weighted by Gasteiger charge is -2.13. The molecule has 10 heteroatoms. The molecule has 0 unspecified atom stereocenters. The van der Waals surface area contributed by atoms with E-state index in [1.807, 2.05) is 0 Å². The third kappa shape index (κ3) is 9.63. The van der Waals surface area contributed by atoms with E-state index in [1.54, 1.807) is 0 Å². The van der Waals surface area contributed by atoms with E-state index >= 15 is 0 Å². The van der Waals surface area contributed by atoms with Gasteiger partial charge in [-0.25, -0.2) is 0 Å². The normalized spacial score (nSPS) is 13.8. The van der Waals surface area contributed by atoms with Crippen molar-refractivity contribution >= 4 is 57.1 Å². The average Bonchev–Trinajstić information content (AvgIpc) is 1.49. The molecule has 0 rings (SSSR count). The third-order valence-corrected chi connectivity index (χ3v) is 2.58. The van der Waals surface area contributed by atoms with Crippen LogP contribution in [0.1, 0.15) is 6.92 Å². The zero-order valence-electron chi connectivity index (χ0n) is 5.62. The molecule has 74 valence electrons. The Balaban J connectivity index is 4.00.